The molecule has 1 heteroatoms. The van der Waals surface area contributed by atoms with Crippen molar-refractivity contribution in [2.24, 2.45) is 0 Å². The SMILES string of the molecule is C=Cc1csc2cc(CCC)ccc12. The smallest absolute Gasteiger partial charge is 0.0351 e. The van der Waals surface area contributed by atoms with Crippen molar-refractivity contribution in [2.45, 2.75) is 19.8 Å². The van der Waals surface area contributed by atoms with Gasteiger partial charge in [-0.1, -0.05) is 38.1 Å². The summed E-state index contributed by atoms with van der Waals surface area (Å²) in [5, 5.41) is 3.51. The molecule has 1 heterocycles. The second-order valence-corrected chi connectivity index (χ2v) is 4.39. The summed E-state index contributed by atoms with van der Waals surface area (Å²) in [4.78, 5) is 0. The lowest BCUT2D eigenvalue weighted by Crippen LogP contribution is -1.81. The summed E-state index contributed by atoms with van der Waals surface area (Å²) in [6.07, 6.45) is 4.32. The molecule has 0 unspecified atom stereocenters. The Kier molecular flexibility index (Phi) is 2.69. The van der Waals surface area contributed by atoms with Crippen molar-refractivity contribution in [1.29, 1.82) is 0 Å². The fourth-order valence-electron chi connectivity index (χ4n) is 1.70. The number of hydrogen-bond acceptors (Lipinski definition) is 1. The minimum Gasteiger partial charge on any atom is -0.143 e. The maximum Gasteiger partial charge on any atom is 0.0351 e. The van der Waals surface area contributed by atoms with Gasteiger partial charge in [0.1, 0.15) is 0 Å². The molecule has 1 aromatic heterocycles. The largest absolute Gasteiger partial charge is 0.143 e. The van der Waals surface area contributed by atoms with Gasteiger partial charge in [-0.25, -0.2) is 0 Å². The first-order valence-electron chi connectivity index (χ1n) is 4.97. The van der Waals surface area contributed by atoms with Crippen LogP contribution < -0.4 is 0 Å². The van der Waals surface area contributed by atoms with E-state index >= 15 is 0 Å². The summed E-state index contributed by atoms with van der Waals surface area (Å²) < 4.78 is 1.38. The maximum absolute atomic E-state index is 3.82. The Morgan fingerprint density at radius 3 is 3.00 bits per heavy atom. The van der Waals surface area contributed by atoms with Crippen LogP contribution in [0.25, 0.3) is 16.2 Å². The van der Waals surface area contributed by atoms with Crippen LogP contribution in [0, 0.1) is 0 Å². The molecular formula is C13H14S. The van der Waals surface area contributed by atoms with E-state index in [0.29, 0.717) is 0 Å². The zero-order chi connectivity index (χ0) is 9.97. The predicted octanol–water partition coefficient (Wildman–Crippen LogP) is 4.50. The third-order valence-electron chi connectivity index (χ3n) is 2.43. The Bertz CT molecular complexity index is 451. The van der Waals surface area contributed by atoms with Crippen molar-refractivity contribution >= 4 is 27.5 Å². The standard InChI is InChI=1S/C13H14S/c1-3-5-10-6-7-12-11(4-2)9-14-13(12)8-10/h4,6-9H,2-3,5H2,1H3. The Morgan fingerprint density at radius 1 is 1.43 bits per heavy atom. The molecule has 14 heavy (non-hydrogen) atoms. The summed E-state index contributed by atoms with van der Waals surface area (Å²) in [5.41, 5.74) is 2.70. The van der Waals surface area contributed by atoms with Crippen molar-refractivity contribution < 1.29 is 0 Å². The first kappa shape index (κ1) is 9.47. The Balaban J connectivity index is 2.51. The number of fused-ring (bicyclic) bond motifs is 1. The molecule has 0 fully saturated rings. The van der Waals surface area contributed by atoms with Gasteiger partial charge >= 0.3 is 0 Å². The second kappa shape index (κ2) is 3.97. The lowest BCUT2D eigenvalue weighted by atomic mass is 10.1. The van der Waals surface area contributed by atoms with Crippen molar-refractivity contribution in [3.63, 3.8) is 0 Å². The first-order valence-corrected chi connectivity index (χ1v) is 5.85. The average Bonchev–Trinajstić information content (AvgIpc) is 2.60. The summed E-state index contributed by atoms with van der Waals surface area (Å²) in [6, 6.07) is 6.75. The number of hydrogen-bond donors (Lipinski definition) is 0. The quantitative estimate of drug-likeness (QED) is 0.687. The highest BCUT2D eigenvalue weighted by molar-refractivity contribution is 7.17. The van der Waals surface area contributed by atoms with E-state index < -0.39 is 0 Å². The Labute approximate surface area is 88.9 Å². The molecule has 0 aliphatic heterocycles. The normalized spacial score (nSPS) is 10.6. The van der Waals surface area contributed by atoms with Gasteiger partial charge in [-0.15, -0.1) is 11.3 Å². The van der Waals surface area contributed by atoms with Crippen molar-refractivity contribution in [3.05, 3.63) is 41.3 Å². The minimum atomic E-state index is 1.18. The molecule has 0 bridgehead atoms. The molecule has 72 valence electrons. The minimum absolute atomic E-state index is 1.18. The van der Waals surface area contributed by atoms with Crippen LogP contribution in [-0.4, -0.2) is 0 Å². The van der Waals surface area contributed by atoms with Gasteiger partial charge in [0.05, 0.1) is 0 Å². The van der Waals surface area contributed by atoms with E-state index in [-0.39, 0.29) is 0 Å². The molecule has 2 aromatic rings. The first-order chi connectivity index (χ1) is 6.85. The highest BCUT2D eigenvalue weighted by Gasteiger charge is 2.01. The monoisotopic (exact) mass is 202 g/mol. The molecule has 0 N–H and O–H groups in total. The second-order valence-electron chi connectivity index (χ2n) is 3.48. The fraction of sp³-hybridized carbons (Fsp3) is 0.231. The van der Waals surface area contributed by atoms with Gasteiger partial charge in [0.15, 0.2) is 0 Å². The van der Waals surface area contributed by atoms with Gasteiger partial charge in [0.2, 0.25) is 0 Å². The van der Waals surface area contributed by atoms with Gasteiger partial charge in [0, 0.05) is 4.70 Å². The molecule has 1 aromatic carbocycles. The van der Waals surface area contributed by atoms with Crippen LogP contribution in [-0.2, 0) is 6.42 Å². The molecule has 0 nitrogen and oxygen atoms in total. The highest BCUT2D eigenvalue weighted by Crippen LogP contribution is 2.27. The molecule has 0 aliphatic rings. The van der Waals surface area contributed by atoms with E-state index in [0.717, 1.165) is 0 Å². The molecule has 0 aliphatic carbocycles. The van der Waals surface area contributed by atoms with E-state index in [1.807, 2.05) is 17.4 Å². The lowest BCUT2D eigenvalue weighted by molar-refractivity contribution is 0.924. The summed E-state index contributed by atoms with van der Waals surface area (Å²) in [5.74, 6) is 0. The summed E-state index contributed by atoms with van der Waals surface area (Å²) in [7, 11) is 0. The van der Waals surface area contributed by atoms with E-state index in [1.54, 1.807) is 0 Å². The zero-order valence-corrected chi connectivity index (χ0v) is 9.23. The van der Waals surface area contributed by atoms with Crippen LogP contribution >= 0.6 is 11.3 Å². The average molecular weight is 202 g/mol. The number of thiophene rings is 1. The summed E-state index contributed by atoms with van der Waals surface area (Å²) in [6.45, 7) is 6.03. The number of rotatable bonds is 3. The van der Waals surface area contributed by atoms with E-state index in [4.69, 9.17) is 0 Å². The third kappa shape index (κ3) is 1.60. The van der Waals surface area contributed by atoms with Crippen molar-refractivity contribution in [1.82, 2.24) is 0 Å². The Hall–Kier alpha value is -1.08. The number of aryl methyl sites for hydroxylation is 1. The van der Waals surface area contributed by atoms with Gasteiger partial charge in [-0.05, 0) is 34.4 Å². The van der Waals surface area contributed by atoms with Gasteiger partial charge < -0.3 is 0 Å². The van der Waals surface area contributed by atoms with Crippen LogP contribution in [0.15, 0.2) is 30.2 Å². The molecule has 2 rings (SSSR count). The van der Waals surface area contributed by atoms with Gasteiger partial charge in [0.25, 0.3) is 0 Å². The van der Waals surface area contributed by atoms with Crippen molar-refractivity contribution in [2.75, 3.05) is 0 Å². The zero-order valence-electron chi connectivity index (χ0n) is 8.42. The van der Waals surface area contributed by atoms with E-state index in [2.05, 4.69) is 37.1 Å². The van der Waals surface area contributed by atoms with Crippen LogP contribution in [0.1, 0.15) is 24.5 Å². The molecule has 0 saturated carbocycles. The predicted molar refractivity (Wildman–Crippen MR) is 65.9 cm³/mol. The lowest BCUT2D eigenvalue weighted by Gasteiger charge is -1.98. The van der Waals surface area contributed by atoms with Crippen LogP contribution in [0.3, 0.4) is 0 Å². The number of benzene rings is 1. The fourth-order valence-corrected chi connectivity index (χ4v) is 2.70. The van der Waals surface area contributed by atoms with Gasteiger partial charge in [-0.3, -0.25) is 0 Å². The third-order valence-corrected chi connectivity index (χ3v) is 3.39. The molecule has 0 saturated heterocycles. The Morgan fingerprint density at radius 2 is 2.29 bits per heavy atom. The van der Waals surface area contributed by atoms with E-state index in [1.165, 1.54) is 34.1 Å². The maximum atomic E-state index is 3.82. The van der Waals surface area contributed by atoms with Crippen LogP contribution in [0.5, 0.6) is 0 Å². The topological polar surface area (TPSA) is 0 Å². The molecule has 0 radical (unpaired) electrons. The highest BCUT2D eigenvalue weighted by atomic mass is 32.1. The summed E-state index contributed by atoms with van der Waals surface area (Å²) >= 11 is 1.81. The van der Waals surface area contributed by atoms with Gasteiger partial charge in [-0.2, -0.15) is 0 Å². The molecular weight excluding hydrogens is 188 g/mol. The van der Waals surface area contributed by atoms with Crippen LogP contribution in [0.2, 0.25) is 0 Å². The molecule has 0 spiro atoms. The van der Waals surface area contributed by atoms with Crippen molar-refractivity contribution in [3.8, 4) is 0 Å². The molecule has 0 amide bonds. The molecule has 0 atom stereocenters. The van der Waals surface area contributed by atoms with Crippen LogP contribution in [0.4, 0.5) is 0 Å². The van der Waals surface area contributed by atoms with E-state index in [9.17, 15) is 0 Å².